The zero-order valence-electron chi connectivity index (χ0n) is 13.4. The van der Waals surface area contributed by atoms with E-state index in [2.05, 4.69) is 14.8 Å². The van der Waals surface area contributed by atoms with Gasteiger partial charge in [0.25, 0.3) is 5.91 Å². The summed E-state index contributed by atoms with van der Waals surface area (Å²) in [5, 5.41) is 2.93. The van der Waals surface area contributed by atoms with Gasteiger partial charge in [-0.15, -0.1) is 0 Å². The molecule has 2 rings (SSSR count). The van der Waals surface area contributed by atoms with E-state index in [-0.39, 0.29) is 23.6 Å². The zero-order chi connectivity index (χ0) is 17.9. The number of esters is 2. The van der Waals surface area contributed by atoms with Crippen LogP contribution in [0.5, 0.6) is 0 Å². The van der Waals surface area contributed by atoms with Crippen molar-refractivity contribution in [1.82, 2.24) is 4.90 Å². The van der Waals surface area contributed by atoms with Crippen LogP contribution in [0.4, 0.5) is 5.69 Å². The third-order valence-electron chi connectivity index (χ3n) is 3.35. The van der Waals surface area contributed by atoms with Crippen molar-refractivity contribution in [3.8, 4) is 0 Å². The number of nitrogens with one attached hydrogen (secondary N) is 1. The Morgan fingerprint density at radius 2 is 1.58 bits per heavy atom. The summed E-state index contributed by atoms with van der Waals surface area (Å²) in [6.45, 7) is 1.38. The van der Waals surface area contributed by atoms with E-state index in [0.717, 1.165) is 4.90 Å². The van der Waals surface area contributed by atoms with Crippen molar-refractivity contribution >= 4 is 29.4 Å². The number of hydrogen-bond donors (Lipinski definition) is 1. The lowest BCUT2D eigenvalue weighted by Gasteiger charge is -2.13. The summed E-state index contributed by atoms with van der Waals surface area (Å²) in [6, 6.07) is 4.29. The summed E-state index contributed by atoms with van der Waals surface area (Å²) < 4.78 is 9.31. The van der Waals surface area contributed by atoms with Crippen LogP contribution in [0, 0.1) is 0 Å². The fraction of sp³-hybridized carbons (Fsp3) is 0.250. The maximum atomic E-state index is 11.7. The SMILES string of the molecule is COC(=O)c1cc(NC2=CC(=O)N(C(C)=O)C2)cc(C(=O)OC)c1. The van der Waals surface area contributed by atoms with Crippen molar-refractivity contribution < 1.29 is 28.7 Å². The average Bonchev–Trinajstić information content (AvgIpc) is 2.93. The van der Waals surface area contributed by atoms with Gasteiger partial charge in [0.15, 0.2) is 0 Å². The van der Waals surface area contributed by atoms with Gasteiger partial charge in [0.2, 0.25) is 5.91 Å². The lowest BCUT2D eigenvalue weighted by molar-refractivity contribution is -0.138. The van der Waals surface area contributed by atoms with Gasteiger partial charge < -0.3 is 14.8 Å². The predicted octanol–water partition coefficient (Wildman–Crippen LogP) is 0.944. The van der Waals surface area contributed by atoms with Crippen LogP contribution in [0.3, 0.4) is 0 Å². The maximum absolute atomic E-state index is 11.7. The fourth-order valence-electron chi connectivity index (χ4n) is 2.22. The van der Waals surface area contributed by atoms with Gasteiger partial charge in [-0.1, -0.05) is 0 Å². The van der Waals surface area contributed by atoms with Gasteiger partial charge in [-0.3, -0.25) is 14.5 Å². The molecule has 8 nitrogen and oxygen atoms in total. The Hall–Kier alpha value is -3.16. The second-order valence-electron chi connectivity index (χ2n) is 5.02. The summed E-state index contributed by atoms with van der Waals surface area (Å²) >= 11 is 0. The first kappa shape index (κ1) is 17.2. The number of carbonyl (C=O) groups excluding carboxylic acids is 4. The number of carbonyl (C=O) groups is 4. The molecule has 0 saturated heterocycles. The normalized spacial score (nSPS) is 13.4. The molecule has 1 aliphatic rings. The predicted molar refractivity (Wildman–Crippen MR) is 83.2 cm³/mol. The Morgan fingerprint density at radius 1 is 1.04 bits per heavy atom. The minimum Gasteiger partial charge on any atom is -0.465 e. The van der Waals surface area contributed by atoms with E-state index in [1.165, 1.54) is 45.4 Å². The molecule has 0 spiro atoms. The molecule has 1 N–H and O–H groups in total. The van der Waals surface area contributed by atoms with Crippen LogP contribution < -0.4 is 5.32 Å². The lowest BCUT2D eigenvalue weighted by Crippen LogP contribution is -2.31. The highest BCUT2D eigenvalue weighted by Gasteiger charge is 2.25. The van der Waals surface area contributed by atoms with Crippen molar-refractivity contribution in [1.29, 1.82) is 0 Å². The Bertz CT molecular complexity index is 719. The number of nitrogens with zero attached hydrogens (tertiary/aromatic N) is 1. The highest BCUT2D eigenvalue weighted by atomic mass is 16.5. The summed E-state index contributed by atoms with van der Waals surface area (Å²) in [7, 11) is 2.45. The molecule has 8 heteroatoms. The fourth-order valence-corrected chi connectivity index (χ4v) is 2.22. The highest BCUT2D eigenvalue weighted by Crippen LogP contribution is 2.20. The van der Waals surface area contributed by atoms with Crippen molar-refractivity contribution in [2.75, 3.05) is 26.1 Å². The number of imide groups is 1. The van der Waals surface area contributed by atoms with E-state index in [1.807, 2.05) is 0 Å². The zero-order valence-corrected chi connectivity index (χ0v) is 13.4. The third kappa shape index (κ3) is 3.60. The van der Waals surface area contributed by atoms with Gasteiger partial charge in [0.05, 0.1) is 31.9 Å². The summed E-state index contributed by atoms with van der Waals surface area (Å²) in [6.07, 6.45) is 1.28. The first-order valence-corrected chi connectivity index (χ1v) is 6.97. The number of ether oxygens (including phenoxy) is 2. The van der Waals surface area contributed by atoms with Crippen molar-refractivity contribution in [2.45, 2.75) is 6.92 Å². The molecule has 0 aliphatic carbocycles. The number of anilines is 1. The van der Waals surface area contributed by atoms with Gasteiger partial charge in [-0.2, -0.15) is 0 Å². The maximum Gasteiger partial charge on any atom is 0.337 e. The molecule has 0 aromatic heterocycles. The standard InChI is InChI=1S/C16H16N2O6/c1-9(19)18-8-13(7-14(18)20)17-12-5-10(15(21)23-2)4-11(6-12)16(22)24-3/h4-7,17H,8H2,1-3H3. The van der Waals surface area contributed by atoms with Gasteiger partial charge in [-0.25, -0.2) is 9.59 Å². The number of benzene rings is 1. The van der Waals surface area contributed by atoms with Crippen molar-refractivity contribution in [3.05, 3.63) is 41.1 Å². The van der Waals surface area contributed by atoms with Crippen LogP contribution in [0.15, 0.2) is 30.0 Å². The molecule has 0 atom stereocenters. The molecule has 1 heterocycles. The molecule has 2 amide bonds. The molecule has 1 aromatic rings. The van der Waals surface area contributed by atoms with Gasteiger partial charge in [0.1, 0.15) is 0 Å². The minimum absolute atomic E-state index is 0.0875. The van der Waals surface area contributed by atoms with E-state index in [1.54, 1.807) is 0 Å². The van der Waals surface area contributed by atoms with E-state index < -0.39 is 17.8 Å². The molecule has 0 bridgehead atoms. The smallest absolute Gasteiger partial charge is 0.337 e. The van der Waals surface area contributed by atoms with Crippen LogP contribution in [-0.2, 0) is 19.1 Å². The number of methoxy groups -OCH3 is 2. The average molecular weight is 332 g/mol. The van der Waals surface area contributed by atoms with Gasteiger partial charge in [0, 0.05) is 24.4 Å². The van der Waals surface area contributed by atoms with Crippen molar-refractivity contribution in [3.63, 3.8) is 0 Å². The third-order valence-corrected chi connectivity index (χ3v) is 3.35. The van der Waals surface area contributed by atoms with E-state index in [0.29, 0.717) is 11.4 Å². The molecule has 0 saturated carbocycles. The molecule has 0 radical (unpaired) electrons. The molecular formula is C16H16N2O6. The lowest BCUT2D eigenvalue weighted by atomic mass is 10.1. The molecular weight excluding hydrogens is 316 g/mol. The summed E-state index contributed by atoms with van der Waals surface area (Å²) in [4.78, 5) is 47.6. The van der Waals surface area contributed by atoms with E-state index >= 15 is 0 Å². The topological polar surface area (TPSA) is 102 Å². The second kappa shape index (κ2) is 6.95. The van der Waals surface area contributed by atoms with Crippen LogP contribution in [-0.4, -0.2) is 49.4 Å². The van der Waals surface area contributed by atoms with Crippen LogP contribution >= 0.6 is 0 Å². The second-order valence-corrected chi connectivity index (χ2v) is 5.02. The van der Waals surface area contributed by atoms with E-state index in [9.17, 15) is 19.2 Å². The molecule has 0 unspecified atom stereocenters. The highest BCUT2D eigenvalue weighted by molar-refractivity contribution is 6.03. The van der Waals surface area contributed by atoms with Crippen LogP contribution in [0.2, 0.25) is 0 Å². The van der Waals surface area contributed by atoms with Gasteiger partial charge in [-0.05, 0) is 18.2 Å². The first-order valence-electron chi connectivity index (χ1n) is 6.97. The molecule has 1 aromatic carbocycles. The van der Waals surface area contributed by atoms with Crippen LogP contribution in [0.1, 0.15) is 27.6 Å². The quantitative estimate of drug-likeness (QED) is 0.819. The molecule has 1 aliphatic heterocycles. The largest absolute Gasteiger partial charge is 0.465 e. The monoisotopic (exact) mass is 332 g/mol. The molecule has 126 valence electrons. The number of rotatable bonds is 4. The van der Waals surface area contributed by atoms with Crippen LogP contribution in [0.25, 0.3) is 0 Å². The Morgan fingerprint density at radius 3 is 2.00 bits per heavy atom. The number of hydrogen-bond acceptors (Lipinski definition) is 7. The Balaban J connectivity index is 2.31. The molecule has 0 fully saturated rings. The Labute approximate surface area is 138 Å². The minimum atomic E-state index is -0.620. The summed E-state index contributed by atoms with van der Waals surface area (Å²) in [5.41, 5.74) is 1.16. The van der Waals surface area contributed by atoms with Gasteiger partial charge >= 0.3 is 11.9 Å². The van der Waals surface area contributed by atoms with Crippen molar-refractivity contribution in [2.24, 2.45) is 0 Å². The Kier molecular flexibility index (Phi) is 4.98. The number of amides is 2. The summed E-state index contributed by atoms with van der Waals surface area (Å²) in [5.74, 6) is -2.04. The molecule has 24 heavy (non-hydrogen) atoms. The van der Waals surface area contributed by atoms with E-state index in [4.69, 9.17) is 0 Å². The first-order chi connectivity index (χ1) is 11.3.